The topological polar surface area (TPSA) is 86.7 Å². The highest BCUT2D eigenvalue weighted by Gasteiger charge is 2.10. The number of aryl methyl sites for hydroxylation is 3. The molecule has 0 aromatic carbocycles. The third-order valence-electron chi connectivity index (χ3n) is 2.37. The first-order valence-corrected chi connectivity index (χ1v) is 4.48. The molecule has 0 atom stereocenters. The first kappa shape index (κ1) is 9.57. The number of anilines is 1. The summed E-state index contributed by atoms with van der Waals surface area (Å²) in [5.74, 6) is 0.144. The molecule has 2 heterocycles. The number of rotatable bonds is 0. The van der Waals surface area contributed by atoms with E-state index in [1.807, 2.05) is 6.92 Å². The SMILES string of the molecule is Cc1nc2c(=O)nc(N)n(C)c2nc1C. The predicted molar refractivity (Wildman–Crippen MR) is 56.5 cm³/mol. The van der Waals surface area contributed by atoms with E-state index in [0.29, 0.717) is 5.65 Å². The van der Waals surface area contributed by atoms with Gasteiger partial charge >= 0.3 is 5.56 Å². The largest absolute Gasteiger partial charge is 0.369 e. The van der Waals surface area contributed by atoms with Gasteiger partial charge in [0.15, 0.2) is 11.2 Å². The molecule has 6 nitrogen and oxygen atoms in total. The van der Waals surface area contributed by atoms with E-state index < -0.39 is 5.56 Å². The van der Waals surface area contributed by atoms with Crippen LogP contribution in [0.25, 0.3) is 11.2 Å². The maximum Gasteiger partial charge on any atom is 0.302 e. The zero-order valence-electron chi connectivity index (χ0n) is 8.77. The molecule has 2 aromatic rings. The zero-order chi connectivity index (χ0) is 11.2. The molecule has 2 N–H and O–H groups in total. The molecule has 0 radical (unpaired) electrons. The lowest BCUT2D eigenvalue weighted by molar-refractivity contribution is 0.885. The Labute approximate surface area is 85.8 Å². The predicted octanol–water partition coefficient (Wildman–Crippen LogP) is -0.0775. The highest BCUT2D eigenvalue weighted by Crippen LogP contribution is 2.09. The highest BCUT2D eigenvalue weighted by molar-refractivity contribution is 5.70. The van der Waals surface area contributed by atoms with E-state index in [1.54, 1.807) is 18.5 Å². The summed E-state index contributed by atoms with van der Waals surface area (Å²) in [6, 6.07) is 0. The number of nitrogens with zero attached hydrogens (tertiary/aromatic N) is 4. The van der Waals surface area contributed by atoms with E-state index >= 15 is 0 Å². The van der Waals surface area contributed by atoms with Crippen molar-refractivity contribution in [1.29, 1.82) is 0 Å². The first-order valence-electron chi connectivity index (χ1n) is 4.48. The molecule has 0 aliphatic carbocycles. The molecule has 0 saturated carbocycles. The Morgan fingerprint density at radius 2 is 1.73 bits per heavy atom. The summed E-state index contributed by atoms with van der Waals surface area (Å²) in [6.45, 7) is 3.64. The number of hydrogen-bond acceptors (Lipinski definition) is 5. The second-order valence-electron chi connectivity index (χ2n) is 3.40. The van der Waals surface area contributed by atoms with Crippen molar-refractivity contribution in [1.82, 2.24) is 19.5 Å². The first-order chi connectivity index (χ1) is 7.00. The molecule has 6 heteroatoms. The Bertz CT molecular complexity index is 601. The summed E-state index contributed by atoms with van der Waals surface area (Å²) in [6.07, 6.45) is 0. The highest BCUT2D eigenvalue weighted by atomic mass is 16.1. The van der Waals surface area contributed by atoms with Crippen molar-refractivity contribution in [3.8, 4) is 0 Å². The van der Waals surface area contributed by atoms with E-state index in [0.717, 1.165) is 11.4 Å². The Morgan fingerprint density at radius 3 is 2.40 bits per heavy atom. The summed E-state index contributed by atoms with van der Waals surface area (Å²) < 4.78 is 1.55. The van der Waals surface area contributed by atoms with Gasteiger partial charge in [-0.05, 0) is 13.8 Å². The molecule has 0 aliphatic heterocycles. The van der Waals surface area contributed by atoms with Gasteiger partial charge in [-0.1, -0.05) is 0 Å². The number of aromatic nitrogens is 4. The molecular weight excluding hydrogens is 194 g/mol. The minimum absolute atomic E-state index is 0.144. The van der Waals surface area contributed by atoms with Gasteiger partial charge < -0.3 is 5.73 Å². The Hall–Kier alpha value is -1.98. The molecule has 0 aliphatic rings. The van der Waals surface area contributed by atoms with E-state index in [-0.39, 0.29) is 11.5 Å². The van der Waals surface area contributed by atoms with Crippen molar-refractivity contribution in [2.75, 3.05) is 5.73 Å². The standard InChI is InChI=1S/C9H11N5O/c1-4-5(2)12-7-6(11-4)8(15)13-9(10)14(7)3/h1-3H3,(H2,10,13,15). The van der Waals surface area contributed by atoms with Crippen LogP contribution in [0.3, 0.4) is 0 Å². The van der Waals surface area contributed by atoms with Crippen molar-refractivity contribution >= 4 is 17.1 Å². The van der Waals surface area contributed by atoms with Gasteiger partial charge in [0.25, 0.3) is 0 Å². The summed E-state index contributed by atoms with van der Waals surface area (Å²) in [4.78, 5) is 23.6. The fraction of sp³-hybridized carbons (Fsp3) is 0.333. The van der Waals surface area contributed by atoms with Crippen LogP contribution in [0.4, 0.5) is 5.95 Å². The molecule has 0 unspecified atom stereocenters. The van der Waals surface area contributed by atoms with Crippen LogP contribution in [0.1, 0.15) is 11.4 Å². The molecule has 15 heavy (non-hydrogen) atoms. The molecule has 2 aromatic heterocycles. The number of fused-ring (bicyclic) bond motifs is 1. The van der Waals surface area contributed by atoms with Crippen molar-refractivity contribution in [3.63, 3.8) is 0 Å². The summed E-state index contributed by atoms with van der Waals surface area (Å²) >= 11 is 0. The van der Waals surface area contributed by atoms with Crippen molar-refractivity contribution in [2.45, 2.75) is 13.8 Å². The number of hydrogen-bond donors (Lipinski definition) is 1. The van der Waals surface area contributed by atoms with Crippen LogP contribution in [0.5, 0.6) is 0 Å². The average Bonchev–Trinajstić information content (AvgIpc) is 2.18. The van der Waals surface area contributed by atoms with E-state index in [9.17, 15) is 4.79 Å². The maximum atomic E-state index is 11.5. The van der Waals surface area contributed by atoms with E-state index in [1.165, 1.54) is 0 Å². The van der Waals surface area contributed by atoms with Gasteiger partial charge in [0.2, 0.25) is 5.95 Å². The Kier molecular flexibility index (Phi) is 1.92. The van der Waals surface area contributed by atoms with Gasteiger partial charge in [0, 0.05) is 7.05 Å². The number of nitrogen functional groups attached to an aromatic ring is 1. The minimum Gasteiger partial charge on any atom is -0.369 e. The van der Waals surface area contributed by atoms with E-state index in [4.69, 9.17) is 5.73 Å². The minimum atomic E-state index is -0.434. The second-order valence-corrected chi connectivity index (χ2v) is 3.40. The van der Waals surface area contributed by atoms with Crippen LogP contribution in [-0.4, -0.2) is 19.5 Å². The van der Waals surface area contributed by atoms with Crippen LogP contribution in [0.15, 0.2) is 4.79 Å². The van der Waals surface area contributed by atoms with Gasteiger partial charge in [0.1, 0.15) is 0 Å². The summed E-state index contributed by atoms with van der Waals surface area (Å²) in [5.41, 5.74) is 7.36. The lowest BCUT2D eigenvalue weighted by Crippen LogP contribution is -2.19. The summed E-state index contributed by atoms with van der Waals surface area (Å²) in [7, 11) is 1.70. The third kappa shape index (κ3) is 1.34. The fourth-order valence-electron chi connectivity index (χ4n) is 1.31. The van der Waals surface area contributed by atoms with Gasteiger partial charge in [-0.25, -0.2) is 9.97 Å². The van der Waals surface area contributed by atoms with Crippen LogP contribution in [0, 0.1) is 13.8 Å². The van der Waals surface area contributed by atoms with Crippen LogP contribution in [-0.2, 0) is 7.05 Å². The Morgan fingerprint density at radius 1 is 1.13 bits per heavy atom. The van der Waals surface area contributed by atoms with Crippen molar-refractivity contribution in [2.24, 2.45) is 7.05 Å². The maximum absolute atomic E-state index is 11.5. The van der Waals surface area contributed by atoms with Gasteiger partial charge in [-0.2, -0.15) is 4.98 Å². The van der Waals surface area contributed by atoms with Crippen LogP contribution in [0.2, 0.25) is 0 Å². The smallest absolute Gasteiger partial charge is 0.302 e. The normalized spacial score (nSPS) is 10.9. The fourth-order valence-corrected chi connectivity index (χ4v) is 1.31. The molecule has 0 fully saturated rings. The monoisotopic (exact) mass is 205 g/mol. The van der Waals surface area contributed by atoms with Crippen LogP contribution >= 0.6 is 0 Å². The molecule has 2 rings (SSSR count). The molecule has 0 amide bonds. The quantitative estimate of drug-likeness (QED) is 0.650. The molecular formula is C9H11N5O. The van der Waals surface area contributed by atoms with Gasteiger partial charge in [-0.15, -0.1) is 0 Å². The average molecular weight is 205 g/mol. The molecule has 78 valence electrons. The van der Waals surface area contributed by atoms with Crippen molar-refractivity contribution in [3.05, 3.63) is 21.7 Å². The van der Waals surface area contributed by atoms with Gasteiger partial charge in [0.05, 0.1) is 11.4 Å². The lowest BCUT2D eigenvalue weighted by Gasteiger charge is -2.07. The van der Waals surface area contributed by atoms with Crippen molar-refractivity contribution < 1.29 is 0 Å². The lowest BCUT2D eigenvalue weighted by atomic mass is 10.3. The summed E-state index contributed by atoms with van der Waals surface area (Å²) in [5, 5.41) is 0. The van der Waals surface area contributed by atoms with Gasteiger partial charge in [-0.3, -0.25) is 9.36 Å². The molecule has 0 saturated heterocycles. The third-order valence-corrected chi connectivity index (χ3v) is 2.37. The molecule has 0 spiro atoms. The van der Waals surface area contributed by atoms with E-state index in [2.05, 4.69) is 15.0 Å². The molecule has 0 bridgehead atoms. The second kappa shape index (κ2) is 3.01. The Balaban J connectivity index is 3.04. The van der Waals surface area contributed by atoms with Crippen LogP contribution < -0.4 is 11.3 Å². The zero-order valence-corrected chi connectivity index (χ0v) is 8.77. The number of nitrogens with two attached hydrogens (primary N) is 1.